The molecule has 0 aromatic heterocycles. The Morgan fingerprint density at radius 2 is 2.18 bits per heavy atom. The van der Waals surface area contributed by atoms with Crippen molar-refractivity contribution in [3.05, 3.63) is 0 Å². The lowest BCUT2D eigenvalue weighted by molar-refractivity contribution is -0.0346. The Morgan fingerprint density at radius 3 is 2.88 bits per heavy atom. The smallest absolute Gasteiger partial charge is 0.0852 e. The Balaban J connectivity index is 1.94. The van der Waals surface area contributed by atoms with E-state index in [9.17, 15) is 0 Å². The third-order valence-corrected chi connectivity index (χ3v) is 4.12. The van der Waals surface area contributed by atoms with Crippen molar-refractivity contribution in [3.63, 3.8) is 0 Å². The lowest BCUT2D eigenvalue weighted by Gasteiger charge is -2.39. The molecule has 4 nitrogen and oxygen atoms in total. The van der Waals surface area contributed by atoms with E-state index in [1.165, 1.54) is 26.1 Å². The van der Waals surface area contributed by atoms with Gasteiger partial charge < -0.3 is 15.0 Å². The zero-order valence-corrected chi connectivity index (χ0v) is 11.5. The van der Waals surface area contributed by atoms with Crippen LogP contribution in [0.3, 0.4) is 0 Å². The molecule has 0 radical (unpaired) electrons. The molecule has 0 amide bonds. The highest BCUT2D eigenvalue weighted by Crippen LogP contribution is 2.17. The molecule has 0 spiro atoms. The Labute approximate surface area is 105 Å². The van der Waals surface area contributed by atoms with Crippen LogP contribution < -0.4 is 5.32 Å². The van der Waals surface area contributed by atoms with Crippen LogP contribution in [0.5, 0.6) is 0 Å². The summed E-state index contributed by atoms with van der Waals surface area (Å²) >= 11 is 0. The van der Waals surface area contributed by atoms with E-state index in [1.54, 1.807) is 0 Å². The van der Waals surface area contributed by atoms with Crippen molar-refractivity contribution in [2.45, 2.75) is 38.5 Å². The lowest BCUT2D eigenvalue weighted by atomic mass is 10.1. The average molecular weight is 241 g/mol. The number of likely N-dealkylation sites (N-methyl/N-ethyl adjacent to an activating group) is 1. The first-order chi connectivity index (χ1) is 8.18. The zero-order chi connectivity index (χ0) is 12.3. The topological polar surface area (TPSA) is 27.7 Å². The van der Waals surface area contributed by atoms with Gasteiger partial charge in [0.05, 0.1) is 12.7 Å². The van der Waals surface area contributed by atoms with Crippen LogP contribution in [0.25, 0.3) is 0 Å². The number of rotatable bonds is 2. The zero-order valence-electron chi connectivity index (χ0n) is 11.5. The summed E-state index contributed by atoms with van der Waals surface area (Å²) in [6.07, 6.45) is 1.63. The molecule has 1 N–H and O–H groups in total. The Kier molecular flexibility index (Phi) is 4.79. The van der Waals surface area contributed by atoms with E-state index < -0.39 is 0 Å². The van der Waals surface area contributed by atoms with E-state index in [1.807, 2.05) is 0 Å². The number of nitrogens with one attached hydrogen (secondary N) is 1. The van der Waals surface area contributed by atoms with Crippen molar-refractivity contribution in [3.8, 4) is 0 Å². The van der Waals surface area contributed by atoms with Crippen LogP contribution in [0.4, 0.5) is 0 Å². The molecule has 2 saturated heterocycles. The van der Waals surface area contributed by atoms with Crippen LogP contribution in [-0.2, 0) is 4.74 Å². The predicted molar refractivity (Wildman–Crippen MR) is 70.4 cm³/mol. The summed E-state index contributed by atoms with van der Waals surface area (Å²) in [5.74, 6) is 0. The molecule has 4 heteroatoms. The van der Waals surface area contributed by atoms with Gasteiger partial charge in [0.25, 0.3) is 0 Å². The van der Waals surface area contributed by atoms with Gasteiger partial charge in [-0.3, -0.25) is 4.90 Å². The molecule has 2 aliphatic heterocycles. The Bertz CT molecular complexity index is 231. The number of morpholine rings is 1. The van der Waals surface area contributed by atoms with Crippen LogP contribution in [0.1, 0.15) is 20.3 Å². The van der Waals surface area contributed by atoms with E-state index in [0.29, 0.717) is 18.2 Å². The van der Waals surface area contributed by atoms with Gasteiger partial charge in [-0.15, -0.1) is 0 Å². The second-order valence-corrected chi connectivity index (χ2v) is 5.56. The first kappa shape index (κ1) is 13.3. The van der Waals surface area contributed by atoms with Crippen molar-refractivity contribution in [2.75, 3.05) is 46.4 Å². The molecule has 0 saturated carbocycles. The molecular weight excluding hydrogens is 214 g/mol. The quantitative estimate of drug-likeness (QED) is 0.757. The number of ether oxygens (including phenoxy) is 1. The van der Waals surface area contributed by atoms with Crippen molar-refractivity contribution in [2.24, 2.45) is 0 Å². The third-order valence-electron chi connectivity index (χ3n) is 4.12. The lowest BCUT2D eigenvalue weighted by Crippen LogP contribution is -2.54. The number of hydrogen-bond acceptors (Lipinski definition) is 4. The summed E-state index contributed by atoms with van der Waals surface area (Å²) in [6.45, 7) is 11.1. The van der Waals surface area contributed by atoms with Crippen molar-refractivity contribution < 1.29 is 4.74 Å². The van der Waals surface area contributed by atoms with Gasteiger partial charge in [0.2, 0.25) is 0 Å². The molecule has 3 atom stereocenters. The Morgan fingerprint density at radius 1 is 1.35 bits per heavy atom. The van der Waals surface area contributed by atoms with Gasteiger partial charge in [0, 0.05) is 38.3 Å². The highest BCUT2D eigenvalue weighted by molar-refractivity contribution is 4.86. The fraction of sp³-hybridized carbons (Fsp3) is 1.00. The first-order valence-corrected chi connectivity index (χ1v) is 6.95. The second kappa shape index (κ2) is 6.14. The molecule has 2 heterocycles. The van der Waals surface area contributed by atoms with E-state index in [0.717, 1.165) is 19.7 Å². The van der Waals surface area contributed by atoms with Gasteiger partial charge in [-0.1, -0.05) is 0 Å². The van der Waals surface area contributed by atoms with Crippen LogP contribution in [-0.4, -0.2) is 74.4 Å². The van der Waals surface area contributed by atoms with Gasteiger partial charge in [-0.2, -0.15) is 0 Å². The van der Waals surface area contributed by atoms with E-state index in [2.05, 4.69) is 36.0 Å². The highest BCUT2D eigenvalue weighted by atomic mass is 16.5. The molecule has 0 aliphatic carbocycles. The third kappa shape index (κ3) is 3.41. The van der Waals surface area contributed by atoms with Crippen molar-refractivity contribution in [1.29, 1.82) is 0 Å². The standard InChI is InChI=1S/C13H27N3O/c1-11-10-15(3)6-4-7-16(11)12(2)13-9-14-5-8-17-13/h11-14H,4-10H2,1-3H3. The predicted octanol–water partition coefficient (Wildman–Crippen LogP) is 0.389. The minimum absolute atomic E-state index is 0.356. The van der Waals surface area contributed by atoms with Gasteiger partial charge in [0.15, 0.2) is 0 Å². The summed E-state index contributed by atoms with van der Waals surface area (Å²) < 4.78 is 5.89. The SMILES string of the molecule is CC1CN(C)CCCN1C(C)C1CNCCO1. The molecule has 0 bridgehead atoms. The molecule has 0 aromatic rings. The van der Waals surface area contributed by atoms with Gasteiger partial charge in [-0.25, -0.2) is 0 Å². The fourth-order valence-electron chi connectivity index (χ4n) is 3.10. The summed E-state index contributed by atoms with van der Waals surface area (Å²) in [5.41, 5.74) is 0. The van der Waals surface area contributed by atoms with Gasteiger partial charge >= 0.3 is 0 Å². The second-order valence-electron chi connectivity index (χ2n) is 5.56. The molecule has 100 valence electrons. The molecule has 17 heavy (non-hydrogen) atoms. The molecule has 2 rings (SSSR count). The minimum atomic E-state index is 0.356. The van der Waals surface area contributed by atoms with Crippen molar-refractivity contribution in [1.82, 2.24) is 15.1 Å². The maximum absolute atomic E-state index is 5.89. The monoisotopic (exact) mass is 241 g/mol. The molecule has 3 unspecified atom stereocenters. The van der Waals surface area contributed by atoms with Crippen LogP contribution >= 0.6 is 0 Å². The maximum Gasteiger partial charge on any atom is 0.0852 e. The molecule has 0 aromatic carbocycles. The summed E-state index contributed by atoms with van der Waals surface area (Å²) in [4.78, 5) is 5.07. The highest BCUT2D eigenvalue weighted by Gasteiger charge is 2.30. The van der Waals surface area contributed by atoms with Gasteiger partial charge in [0.1, 0.15) is 0 Å². The summed E-state index contributed by atoms with van der Waals surface area (Å²) in [6, 6.07) is 1.15. The molecule has 2 aliphatic rings. The summed E-state index contributed by atoms with van der Waals surface area (Å²) in [7, 11) is 2.23. The van der Waals surface area contributed by atoms with Gasteiger partial charge in [-0.05, 0) is 33.9 Å². The largest absolute Gasteiger partial charge is 0.374 e. The van der Waals surface area contributed by atoms with Crippen LogP contribution in [0, 0.1) is 0 Å². The fourth-order valence-corrected chi connectivity index (χ4v) is 3.10. The Hall–Kier alpha value is -0.160. The maximum atomic E-state index is 5.89. The van der Waals surface area contributed by atoms with E-state index in [4.69, 9.17) is 4.74 Å². The van der Waals surface area contributed by atoms with E-state index in [-0.39, 0.29) is 0 Å². The van der Waals surface area contributed by atoms with E-state index >= 15 is 0 Å². The number of hydrogen-bond donors (Lipinski definition) is 1. The van der Waals surface area contributed by atoms with Crippen LogP contribution in [0.2, 0.25) is 0 Å². The summed E-state index contributed by atoms with van der Waals surface area (Å²) in [5, 5.41) is 3.43. The van der Waals surface area contributed by atoms with Crippen LogP contribution in [0.15, 0.2) is 0 Å². The average Bonchev–Trinajstić information content (AvgIpc) is 2.50. The molecule has 2 fully saturated rings. The number of nitrogens with zero attached hydrogens (tertiary/aromatic N) is 2. The van der Waals surface area contributed by atoms with Crippen molar-refractivity contribution >= 4 is 0 Å². The molecular formula is C13H27N3O. The normalized spacial score (nSPS) is 35.5. The minimum Gasteiger partial charge on any atom is -0.374 e. The first-order valence-electron chi connectivity index (χ1n) is 6.95.